The minimum absolute atomic E-state index is 0.0166. The molecule has 2 aromatic carbocycles. The van der Waals surface area contributed by atoms with E-state index in [9.17, 15) is 10.2 Å². The highest BCUT2D eigenvalue weighted by molar-refractivity contribution is 5.87. The first kappa shape index (κ1) is 22.3. The Morgan fingerprint density at radius 2 is 1.65 bits per heavy atom. The smallest absolute Gasteiger partial charge is 0.178 e. The highest BCUT2D eigenvalue weighted by Gasteiger charge is 2.03. The van der Waals surface area contributed by atoms with Crippen molar-refractivity contribution in [3.05, 3.63) is 42.5 Å². The summed E-state index contributed by atoms with van der Waals surface area (Å²) in [5.41, 5.74) is 0. The lowest BCUT2D eigenvalue weighted by Gasteiger charge is -2.12. The molecule has 0 aliphatic heterocycles. The van der Waals surface area contributed by atoms with Crippen LogP contribution in [0, 0.1) is 0 Å². The lowest BCUT2D eigenvalue weighted by molar-refractivity contribution is -0.141. The summed E-state index contributed by atoms with van der Waals surface area (Å²) in [5.74, 6) is 0.350. The molecule has 0 amide bonds. The fourth-order valence-electron chi connectivity index (χ4n) is 2.09. The Hall–Kier alpha value is -1.70. The van der Waals surface area contributed by atoms with Crippen LogP contribution in [0.5, 0.6) is 5.75 Å². The first-order valence-electron chi connectivity index (χ1n) is 8.91. The van der Waals surface area contributed by atoms with Gasteiger partial charge in [-0.3, -0.25) is 0 Å². The number of aromatic hydroxyl groups is 1. The molecule has 0 spiro atoms. The van der Waals surface area contributed by atoms with Crippen molar-refractivity contribution in [1.29, 1.82) is 0 Å². The first-order chi connectivity index (χ1) is 12.7. The molecule has 2 rings (SSSR count). The van der Waals surface area contributed by atoms with Crippen molar-refractivity contribution in [2.75, 3.05) is 39.6 Å². The molecular weight excluding hydrogens is 336 g/mol. The Balaban J connectivity index is 0.000000269. The topological polar surface area (TPSA) is 88.4 Å². The number of aliphatic hydroxyl groups is 2. The maximum absolute atomic E-state index is 9.37. The van der Waals surface area contributed by atoms with Gasteiger partial charge in [0.05, 0.1) is 33.0 Å². The Morgan fingerprint density at radius 3 is 2.38 bits per heavy atom. The molecule has 1 unspecified atom stereocenters. The monoisotopic (exact) mass is 366 g/mol. The van der Waals surface area contributed by atoms with Gasteiger partial charge in [-0.25, -0.2) is 0 Å². The van der Waals surface area contributed by atoms with Crippen LogP contribution >= 0.6 is 0 Å². The molecule has 0 saturated carbocycles. The lowest BCUT2D eigenvalue weighted by atomic mass is 10.1. The van der Waals surface area contributed by atoms with Gasteiger partial charge in [0.25, 0.3) is 0 Å². The normalized spacial score (nSPS) is 11.8. The second kappa shape index (κ2) is 14.5. The van der Waals surface area contributed by atoms with Gasteiger partial charge in [0, 0.05) is 12.0 Å². The zero-order chi connectivity index (χ0) is 19.0. The highest BCUT2D eigenvalue weighted by Crippen LogP contribution is 2.22. The van der Waals surface area contributed by atoms with Gasteiger partial charge < -0.3 is 29.5 Å². The minimum atomic E-state index is -0.852. The quantitative estimate of drug-likeness (QED) is 0.419. The molecule has 0 heterocycles. The van der Waals surface area contributed by atoms with E-state index in [1.54, 1.807) is 6.07 Å². The summed E-state index contributed by atoms with van der Waals surface area (Å²) in [5, 5.41) is 29.0. The molecule has 0 bridgehead atoms. The summed E-state index contributed by atoms with van der Waals surface area (Å²) in [6.45, 7) is 3.93. The Kier molecular flexibility index (Phi) is 12.4. The molecule has 0 aliphatic rings. The fourth-order valence-corrected chi connectivity index (χ4v) is 2.09. The van der Waals surface area contributed by atoms with Gasteiger partial charge in [-0.1, -0.05) is 49.7 Å². The van der Waals surface area contributed by atoms with E-state index in [1.165, 1.54) is 0 Å². The molecule has 0 aliphatic carbocycles. The number of fused-ring (bicyclic) bond motifs is 1. The molecule has 0 fully saturated rings. The van der Waals surface area contributed by atoms with Gasteiger partial charge in [0.1, 0.15) is 5.75 Å². The number of hydrogen-bond acceptors (Lipinski definition) is 6. The van der Waals surface area contributed by atoms with Crippen LogP contribution in [-0.2, 0) is 14.2 Å². The maximum Gasteiger partial charge on any atom is 0.178 e. The number of hydrogen-bond donors (Lipinski definition) is 3. The van der Waals surface area contributed by atoms with Gasteiger partial charge in [0.2, 0.25) is 0 Å². The molecule has 2 aromatic rings. The third-order valence-electron chi connectivity index (χ3n) is 3.44. The molecule has 0 radical (unpaired) electrons. The molecular formula is C20H30O6. The molecule has 1 atom stereocenters. The second-order valence-electron chi connectivity index (χ2n) is 5.59. The molecule has 6 nitrogen and oxygen atoms in total. The van der Waals surface area contributed by atoms with Gasteiger partial charge in [-0.2, -0.15) is 0 Å². The third kappa shape index (κ3) is 9.70. The van der Waals surface area contributed by atoms with Crippen LogP contribution in [0.1, 0.15) is 19.8 Å². The van der Waals surface area contributed by atoms with Gasteiger partial charge >= 0.3 is 0 Å². The van der Waals surface area contributed by atoms with Crippen molar-refractivity contribution < 1.29 is 29.5 Å². The number of ether oxygens (including phenoxy) is 3. The SMILES string of the molecule is CCCCOC(O)COCCOCCO.Oc1cccc2ccccc12. The van der Waals surface area contributed by atoms with E-state index in [1.807, 2.05) is 36.4 Å². The number of unbranched alkanes of at least 4 members (excludes halogenated alkanes) is 1. The van der Waals surface area contributed by atoms with E-state index in [4.69, 9.17) is 19.3 Å². The van der Waals surface area contributed by atoms with E-state index < -0.39 is 6.29 Å². The van der Waals surface area contributed by atoms with Crippen molar-refractivity contribution in [3.8, 4) is 5.75 Å². The molecule has 0 aromatic heterocycles. The number of rotatable bonds is 11. The summed E-state index contributed by atoms with van der Waals surface area (Å²) in [7, 11) is 0. The van der Waals surface area contributed by atoms with Crippen molar-refractivity contribution in [2.45, 2.75) is 26.1 Å². The van der Waals surface area contributed by atoms with Crippen molar-refractivity contribution in [3.63, 3.8) is 0 Å². The average molecular weight is 366 g/mol. The maximum atomic E-state index is 9.37. The predicted octanol–water partition coefficient (Wildman–Crippen LogP) is 2.69. The van der Waals surface area contributed by atoms with Crippen LogP contribution in [0.4, 0.5) is 0 Å². The Morgan fingerprint density at radius 1 is 0.923 bits per heavy atom. The lowest BCUT2D eigenvalue weighted by Crippen LogP contribution is -2.21. The minimum Gasteiger partial charge on any atom is -0.507 e. The zero-order valence-corrected chi connectivity index (χ0v) is 15.3. The standard InChI is InChI=1S/C10H22O5.C10H8O/c1-2-3-5-15-10(12)9-14-8-7-13-6-4-11;11-10-7-3-5-8-4-1-2-6-9(8)10/h10-12H,2-9H2,1H3;1-7,11H. The van der Waals surface area contributed by atoms with Crippen molar-refractivity contribution >= 4 is 10.8 Å². The van der Waals surface area contributed by atoms with E-state index in [2.05, 4.69) is 6.92 Å². The fraction of sp³-hybridized carbons (Fsp3) is 0.500. The van der Waals surface area contributed by atoms with Crippen LogP contribution < -0.4 is 0 Å². The predicted molar refractivity (Wildman–Crippen MR) is 101 cm³/mol. The highest BCUT2D eigenvalue weighted by atomic mass is 16.6. The van der Waals surface area contributed by atoms with Crippen LogP contribution in [0.15, 0.2) is 42.5 Å². The first-order valence-corrected chi connectivity index (χ1v) is 8.91. The zero-order valence-electron chi connectivity index (χ0n) is 15.3. The Bertz CT molecular complexity index is 584. The summed E-state index contributed by atoms with van der Waals surface area (Å²) >= 11 is 0. The second-order valence-corrected chi connectivity index (χ2v) is 5.59. The number of aliphatic hydroxyl groups excluding tert-OH is 2. The van der Waals surface area contributed by atoms with Gasteiger partial charge in [-0.05, 0) is 17.9 Å². The molecule has 0 saturated heterocycles. The third-order valence-corrected chi connectivity index (χ3v) is 3.44. The molecule has 146 valence electrons. The van der Waals surface area contributed by atoms with Crippen LogP contribution in [-0.4, -0.2) is 61.3 Å². The molecule has 26 heavy (non-hydrogen) atoms. The number of benzene rings is 2. The molecule has 3 N–H and O–H groups in total. The summed E-state index contributed by atoms with van der Waals surface area (Å²) < 4.78 is 15.1. The van der Waals surface area contributed by atoms with E-state index >= 15 is 0 Å². The Labute approximate surface area is 154 Å². The average Bonchev–Trinajstić information content (AvgIpc) is 2.66. The van der Waals surface area contributed by atoms with Gasteiger partial charge in [-0.15, -0.1) is 0 Å². The number of phenolic OH excluding ortho intramolecular Hbond substituents is 1. The van der Waals surface area contributed by atoms with Crippen molar-refractivity contribution in [2.24, 2.45) is 0 Å². The largest absolute Gasteiger partial charge is 0.507 e. The van der Waals surface area contributed by atoms with Gasteiger partial charge in [0.15, 0.2) is 6.29 Å². The van der Waals surface area contributed by atoms with Crippen LogP contribution in [0.2, 0.25) is 0 Å². The van der Waals surface area contributed by atoms with Crippen LogP contribution in [0.3, 0.4) is 0 Å². The summed E-state index contributed by atoms with van der Waals surface area (Å²) in [6.07, 6.45) is 1.13. The van der Waals surface area contributed by atoms with E-state index in [0.717, 1.165) is 23.6 Å². The number of phenols is 1. The van der Waals surface area contributed by atoms with E-state index in [0.29, 0.717) is 32.2 Å². The summed E-state index contributed by atoms with van der Waals surface area (Å²) in [6, 6.07) is 13.3. The summed E-state index contributed by atoms with van der Waals surface area (Å²) in [4.78, 5) is 0. The molecule has 6 heteroatoms. The van der Waals surface area contributed by atoms with Crippen molar-refractivity contribution in [1.82, 2.24) is 0 Å². The van der Waals surface area contributed by atoms with E-state index in [-0.39, 0.29) is 13.2 Å². The van der Waals surface area contributed by atoms with Crippen LogP contribution in [0.25, 0.3) is 10.8 Å².